The van der Waals surface area contributed by atoms with Gasteiger partial charge in [-0.2, -0.15) is 0 Å². The van der Waals surface area contributed by atoms with Crippen LogP contribution < -0.4 is 10.4 Å². The lowest BCUT2D eigenvalue weighted by Gasteiger charge is -2.11. The molecule has 0 aliphatic heterocycles. The number of Topliss-reactive ketones (excluding diaryl/α,β-unsaturated/α-hetero) is 1. The van der Waals surface area contributed by atoms with Crippen LogP contribution in [0.3, 0.4) is 0 Å². The molecule has 3 aromatic carbocycles. The van der Waals surface area contributed by atoms with Gasteiger partial charge in [0, 0.05) is 28.9 Å². The van der Waals surface area contributed by atoms with E-state index in [2.05, 4.69) is 32.6 Å². The Morgan fingerprint density at radius 2 is 1.75 bits per heavy atom. The molecule has 6 nitrogen and oxygen atoms in total. The van der Waals surface area contributed by atoms with Gasteiger partial charge in [0.05, 0.1) is 18.1 Å². The van der Waals surface area contributed by atoms with Gasteiger partial charge in [0.15, 0.2) is 5.78 Å². The molecule has 0 atom stereocenters. The smallest absolute Gasteiger partial charge is 0.347 e. The van der Waals surface area contributed by atoms with Crippen molar-refractivity contribution in [2.45, 2.75) is 33.2 Å². The number of hydrogen-bond acceptors (Lipinski definition) is 5. The van der Waals surface area contributed by atoms with E-state index in [9.17, 15) is 9.59 Å². The minimum atomic E-state index is -0.605. The van der Waals surface area contributed by atoms with Crippen molar-refractivity contribution >= 4 is 43.7 Å². The molecule has 0 spiro atoms. The summed E-state index contributed by atoms with van der Waals surface area (Å²) in [6, 6.07) is 20.0. The highest BCUT2D eigenvalue weighted by Gasteiger charge is 2.19. The Kier molecular flexibility index (Phi) is 6.49. The third-order valence-corrected chi connectivity index (χ3v) is 7.05. The van der Waals surface area contributed by atoms with E-state index in [1.165, 1.54) is 12.5 Å². The minimum absolute atomic E-state index is 0.0926. The maximum absolute atomic E-state index is 12.5. The molecule has 0 radical (unpaired) electrons. The molecule has 2 aromatic heterocycles. The predicted molar refractivity (Wildman–Crippen MR) is 144 cm³/mol. The van der Waals surface area contributed by atoms with Gasteiger partial charge in [-0.25, -0.2) is 9.78 Å². The van der Waals surface area contributed by atoms with Crippen LogP contribution in [-0.4, -0.2) is 22.4 Å². The number of carbonyl (C=O) groups is 1. The van der Waals surface area contributed by atoms with Crippen molar-refractivity contribution in [1.29, 1.82) is 0 Å². The molecule has 0 unspecified atom stereocenters. The molecule has 0 fully saturated rings. The summed E-state index contributed by atoms with van der Waals surface area (Å²) in [5.74, 6) is 1.42. The molecule has 0 aliphatic rings. The van der Waals surface area contributed by atoms with Gasteiger partial charge in [-0.15, -0.1) is 0 Å². The number of aromatic nitrogens is 2. The molecular formula is C29H25BrN2O4. The lowest BCUT2D eigenvalue weighted by molar-refractivity contribution is 0.101. The summed E-state index contributed by atoms with van der Waals surface area (Å²) in [6.07, 6.45) is 1.45. The molecule has 2 heterocycles. The van der Waals surface area contributed by atoms with E-state index < -0.39 is 5.63 Å². The number of rotatable bonds is 7. The Morgan fingerprint density at radius 3 is 2.42 bits per heavy atom. The van der Waals surface area contributed by atoms with Gasteiger partial charge in [0.25, 0.3) is 0 Å². The van der Waals surface area contributed by atoms with Crippen molar-refractivity contribution in [3.05, 3.63) is 104 Å². The molecule has 7 heteroatoms. The Bertz CT molecular complexity index is 1650. The number of nitrogens with zero attached hydrogens (tertiary/aromatic N) is 2. The number of aryl methyl sites for hydroxylation is 3. The number of benzene rings is 3. The fraction of sp³-hybridized carbons (Fsp3) is 0.207. The van der Waals surface area contributed by atoms with Crippen LogP contribution in [0.4, 0.5) is 0 Å². The number of hydrogen-bond donors (Lipinski definition) is 0. The topological polar surface area (TPSA) is 74.3 Å². The minimum Gasteiger partial charge on any atom is -0.497 e. The van der Waals surface area contributed by atoms with Crippen molar-refractivity contribution in [3.63, 3.8) is 0 Å². The van der Waals surface area contributed by atoms with Crippen LogP contribution in [0.2, 0.25) is 0 Å². The zero-order valence-electron chi connectivity index (χ0n) is 20.3. The first-order chi connectivity index (χ1) is 17.3. The monoisotopic (exact) mass is 544 g/mol. The molecule has 0 aliphatic carbocycles. The number of methoxy groups -OCH3 is 1. The van der Waals surface area contributed by atoms with Gasteiger partial charge in [-0.3, -0.25) is 4.79 Å². The SMILES string of the molecule is COc1ccc(Cc2nc3cc4c(C)c(C(C)=O)c(=O)oc4cc3n2CCc2ccc(Br)cc2)cc1. The van der Waals surface area contributed by atoms with E-state index in [0.717, 1.165) is 44.5 Å². The maximum Gasteiger partial charge on any atom is 0.347 e. The fourth-order valence-corrected chi connectivity index (χ4v) is 4.89. The molecule has 0 bridgehead atoms. The highest BCUT2D eigenvalue weighted by Crippen LogP contribution is 2.28. The maximum atomic E-state index is 12.5. The second-order valence-electron chi connectivity index (χ2n) is 8.86. The van der Waals surface area contributed by atoms with Crippen LogP contribution in [0.1, 0.15) is 39.8 Å². The number of carbonyl (C=O) groups excluding carboxylic acids is 1. The second-order valence-corrected chi connectivity index (χ2v) is 9.78. The molecule has 5 rings (SSSR count). The van der Waals surface area contributed by atoms with Crippen LogP contribution in [0.5, 0.6) is 5.75 Å². The Hall–Kier alpha value is -3.71. The van der Waals surface area contributed by atoms with Crippen LogP contribution >= 0.6 is 15.9 Å². The van der Waals surface area contributed by atoms with Gasteiger partial charge in [-0.1, -0.05) is 40.2 Å². The first-order valence-corrected chi connectivity index (χ1v) is 12.5. The second kappa shape index (κ2) is 9.74. The van der Waals surface area contributed by atoms with E-state index in [1.807, 2.05) is 48.5 Å². The predicted octanol–water partition coefficient (Wildman–Crippen LogP) is 6.26. The summed E-state index contributed by atoms with van der Waals surface area (Å²) in [7, 11) is 1.65. The van der Waals surface area contributed by atoms with Gasteiger partial charge in [-0.05, 0) is 67.3 Å². The van der Waals surface area contributed by atoms with Gasteiger partial charge in [0.1, 0.15) is 22.7 Å². The molecule has 0 N–H and O–H groups in total. The number of ether oxygens (including phenoxy) is 1. The third kappa shape index (κ3) is 4.58. The number of halogens is 1. The Balaban J connectivity index is 1.63. The van der Waals surface area contributed by atoms with E-state index >= 15 is 0 Å². The van der Waals surface area contributed by atoms with E-state index in [-0.39, 0.29) is 11.3 Å². The Labute approximate surface area is 216 Å². The number of imidazole rings is 1. The van der Waals surface area contributed by atoms with Gasteiger partial charge < -0.3 is 13.7 Å². The van der Waals surface area contributed by atoms with Crippen molar-refractivity contribution in [2.75, 3.05) is 7.11 Å². The number of fused-ring (bicyclic) bond motifs is 2. The van der Waals surface area contributed by atoms with E-state index in [1.54, 1.807) is 14.0 Å². The fourth-order valence-electron chi connectivity index (χ4n) is 4.63. The summed E-state index contributed by atoms with van der Waals surface area (Å²) < 4.78 is 14.1. The quantitative estimate of drug-likeness (QED) is 0.178. The van der Waals surface area contributed by atoms with E-state index in [0.29, 0.717) is 24.1 Å². The molecular weight excluding hydrogens is 520 g/mol. The average Bonchev–Trinajstić information content (AvgIpc) is 3.18. The van der Waals surface area contributed by atoms with Crippen molar-refractivity contribution in [2.24, 2.45) is 0 Å². The van der Waals surface area contributed by atoms with Crippen molar-refractivity contribution in [1.82, 2.24) is 9.55 Å². The highest BCUT2D eigenvalue weighted by atomic mass is 79.9. The zero-order valence-corrected chi connectivity index (χ0v) is 21.9. The van der Waals surface area contributed by atoms with Crippen LogP contribution in [0, 0.1) is 6.92 Å². The van der Waals surface area contributed by atoms with Crippen LogP contribution in [0.25, 0.3) is 22.0 Å². The highest BCUT2D eigenvalue weighted by molar-refractivity contribution is 9.10. The standard InChI is InChI=1S/C29H25BrN2O4/c1-17-23-15-24-25(16-26(23)36-29(34)28(17)18(2)33)32(13-12-19-4-8-21(30)9-5-19)27(31-24)14-20-6-10-22(35-3)11-7-20/h4-11,15-16H,12-14H2,1-3H3. The van der Waals surface area contributed by atoms with Crippen molar-refractivity contribution in [3.8, 4) is 5.75 Å². The molecule has 0 saturated carbocycles. The average molecular weight is 545 g/mol. The number of ketones is 1. The molecule has 0 saturated heterocycles. The summed E-state index contributed by atoms with van der Waals surface area (Å²) in [5, 5.41) is 0.723. The normalized spacial score (nSPS) is 11.3. The van der Waals surface area contributed by atoms with Crippen LogP contribution in [-0.2, 0) is 19.4 Å². The first-order valence-electron chi connectivity index (χ1n) is 11.7. The summed E-state index contributed by atoms with van der Waals surface area (Å²) in [6.45, 7) is 3.88. The molecule has 182 valence electrons. The lowest BCUT2D eigenvalue weighted by atomic mass is 10.0. The largest absolute Gasteiger partial charge is 0.497 e. The molecule has 5 aromatic rings. The first kappa shape index (κ1) is 24.0. The van der Waals surface area contributed by atoms with Gasteiger partial charge >= 0.3 is 5.63 Å². The lowest BCUT2D eigenvalue weighted by Crippen LogP contribution is -2.14. The van der Waals surface area contributed by atoms with Gasteiger partial charge in [0.2, 0.25) is 0 Å². The molecule has 0 amide bonds. The zero-order chi connectivity index (χ0) is 25.4. The molecule has 36 heavy (non-hydrogen) atoms. The van der Waals surface area contributed by atoms with E-state index in [4.69, 9.17) is 14.1 Å². The summed E-state index contributed by atoms with van der Waals surface area (Å²) in [5.41, 5.74) is 4.58. The summed E-state index contributed by atoms with van der Waals surface area (Å²) >= 11 is 3.49. The third-order valence-electron chi connectivity index (χ3n) is 6.53. The van der Waals surface area contributed by atoms with Crippen molar-refractivity contribution < 1.29 is 13.9 Å². The summed E-state index contributed by atoms with van der Waals surface area (Å²) in [4.78, 5) is 29.6. The van der Waals surface area contributed by atoms with Crippen LogP contribution in [0.15, 0.2) is 74.3 Å². The Morgan fingerprint density at radius 1 is 1.06 bits per heavy atom.